The fourth-order valence-corrected chi connectivity index (χ4v) is 3.35. The minimum Gasteiger partial charge on any atom is -0.490 e. The molecular weight excluding hydrogens is 388 g/mol. The van der Waals surface area contributed by atoms with Gasteiger partial charge in [0, 0.05) is 24.3 Å². The van der Waals surface area contributed by atoms with Gasteiger partial charge >= 0.3 is 0 Å². The number of nitrogens with zero attached hydrogens (tertiary/aromatic N) is 1. The van der Waals surface area contributed by atoms with Gasteiger partial charge in [-0.3, -0.25) is 4.79 Å². The summed E-state index contributed by atoms with van der Waals surface area (Å²) in [4.78, 5) is 15.1. The third-order valence-corrected chi connectivity index (χ3v) is 4.94. The number of aryl methyl sites for hydroxylation is 1. The molecule has 2 aromatic rings. The van der Waals surface area contributed by atoms with Gasteiger partial charge in [0.05, 0.1) is 19.8 Å². The number of rotatable bonds is 7. The highest BCUT2D eigenvalue weighted by atomic mass is 32.1. The number of benzene rings is 2. The van der Waals surface area contributed by atoms with Crippen molar-refractivity contribution < 1.29 is 19.0 Å². The number of carbonyl (C=O) groups is 1. The Kier molecular flexibility index (Phi) is 7.43. The predicted octanol–water partition coefficient (Wildman–Crippen LogP) is 3.42. The van der Waals surface area contributed by atoms with E-state index in [1.807, 2.05) is 50.2 Å². The molecule has 1 fully saturated rings. The molecule has 6 nitrogen and oxygen atoms in total. The number of thiocarbonyl (C=S) groups is 1. The van der Waals surface area contributed by atoms with Crippen LogP contribution in [0.25, 0.3) is 0 Å². The average molecular weight is 415 g/mol. The second-order valence-corrected chi connectivity index (χ2v) is 7.09. The monoisotopic (exact) mass is 414 g/mol. The molecule has 0 saturated carbocycles. The molecule has 1 heterocycles. The van der Waals surface area contributed by atoms with Crippen LogP contribution < -0.4 is 14.8 Å². The molecule has 0 aliphatic carbocycles. The molecule has 0 unspecified atom stereocenters. The maximum atomic E-state index is 12.2. The number of ether oxygens (including phenoxy) is 3. The molecule has 0 spiro atoms. The van der Waals surface area contributed by atoms with Gasteiger partial charge in [-0.15, -0.1) is 0 Å². The molecule has 29 heavy (non-hydrogen) atoms. The van der Waals surface area contributed by atoms with Crippen LogP contribution in [0.5, 0.6) is 11.5 Å². The van der Waals surface area contributed by atoms with Crippen LogP contribution in [0.15, 0.2) is 42.5 Å². The zero-order valence-electron chi connectivity index (χ0n) is 16.8. The zero-order chi connectivity index (χ0) is 20.6. The molecule has 3 rings (SSSR count). The molecule has 2 aromatic carbocycles. The Labute approximate surface area is 176 Å². The SMILES string of the molecule is CCOc1cc(C(=S)N2CCOCC2)ccc1OCC(=O)Nc1cccc(C)c1. The molecule has 0 atom stereocenters. The first-order valence-corrected chi connectivity index (χ1v) is 10.1. The van der Waals surface area contributed by atoms with Crippen LogP contribution in [0.2, 0.25) is 0 Å². The maximum absolute atomic E-state index is 12.2. The van der Waals surface area contributed by atoms with Gasteiger partial charge in [0.25, 0.3) is 5.91 Å². The van der Waals surface area contributed by atoms with E-state index in [1.165, 1.54) is 0 Å². The molecule has 1 amide bonds. The number of nitrogens with one attached hydrogen (secondary N) is 1. The lowest BCUT2D eigenvalue weighted by atomic mass is 10.1. The Hall–Kier alpha value is -2.64. The Morgan fingerprint density at radius 3 is 2.66 bits per heavy atom. The Bertz CT molecular complexity index is 866. The van der Waals surface area contributed by atoms with Gasteiger partial charge in [-0.1, -0.05) is 24.4 Å². The molecule has 154 valence electrons. The molecule has 1 aliphatic rings. The van der Waals surface area contributed by atoms with Gasteiger partial charge < -0.3 is 24.4 Å². The van der Waals surface area contributed by atoms with Gasteiger partial charge in [-0.2, -0.15) is 0 Å². The van der Waals surface area contributed by atoms with E-state index in [-0.39, 0.29) is 12.5 Å². The molecule has 1 saturated heterocycles. The molecule has 0 aromatic heterocycles. The highest BCUT2D eigenvalue weighted by Crippen LogP contribution is 2.29. The van der Waals surface area contributed by atoms with Crippen molar-refractivity contribution in [2.45, 2.75) is 13.8 Å². The van der Waals surface area contributed by atoms with Crippen LogP contribution >= 0.6 is 12.2 Å². The third kappa shape index (κ3) is 5.92. The van der Waals surface area contributed by atoms with Crippen molar-refractivity contribution in [1.82, 2.24) is 4.90 Å². The van der Waals surface area contributed by atoms with Crippen LogP contribution in [0, 0.1) is 6.92 Å². The van der Waals surface area contributed by atoms with Crippen molar-refractivity contribution in [2.75, 3.05) is 44.8 Å². The van der Waals surface area contributed by atoms with E-state index in [0.717, 1.165) is 34.9 Å². The Balaban J connectivity index is 1.65. The number of amides is 1. The van der Waals surface area contributed by atoms with Crippen molar-refractivity contribution >= 4 is 28.8 Å². The average Bonchev–Trinajstić information content (AvgIpc) is 2.73. The number of hydrogen-bond donors (Lipinski definition) is 1. The van der Waals surface area contributed by atoms with Crippen LogP contribution in [-0.2, 0) is 9.53 Å². The van der Waals surface area contributed by atoms with Crippen LogP contribution in [0.4, 0.5) is 5.69 Å². The number of hydrogen-bond acceptors (Lipinski definition) is 5. The topological polar surface area (TPSA) is 60.0 Å². The fraction of sp³-hybridized carbons (Fsp3) is 0.364. The first kappa shape index (κ1) is 21.1. The summed E-state index contributed by atoms with van der Waals surface area (Å²) in [6.07, 6.45) is 0. The molecule has 0 bridgehead atoms. The number of morpholine rings is 1. The van der Waals surface area contributed by atoms with Crippen LogP contribution in [-0.4, -0.2) is 55.3 Å². The first-order chi connectivity index (χ1) is 14.1. The minimum atomic E-state index is -0.231. The molecule has 1 N–H and O–H groups in total. The first-order valence-electron chi connectivity index (χ1n) is 9.70. The maximum Gasteiger partial charge on any atom is 0.262 e. The lowest BCUT2D eigenvalue weighted by Crippen LogP contribution is -2.40. The van der Waals surface area contributed by atoms with Gasteiger partial charge in [0.2, 0.25) is 0 Å². The normalized spacial score (nSPS) is 13.7. The quantitative estimate of drug-likeness (QED) is 0.701. The summed E-state index contributed by atoms with van der Waals surface area (Å²) >= 11 is 5.63. The summed E-state index contributed by atoms with van der Waals surface area (Å²) in [5, 5.41) is 2.83. The number of anilines is 1. The smallest absolute Gasteiger partial charge is 0.262 e. The lowest BCUT2D eigenvalue weighted by molar-refractivity contribution is -0.118. The molecular formula is C22H26N2O4S. The zero-order valence-corrected chi connectivity index (χ0v) is 17.6. The van der Waals surface area contributed by atoms with Crippen molar-refractivity contribution in [3.8, 4) is 11.5 Å². The minimum absolute atomic E-state index is 0.110. The fourth-order valence-electron chi connectivity index (χ4n) is 3.04. The van der Waals surface area contributed by atoms with Gasteiger partial charge in [0.15, 0.2) is 18.1 Å². The predicted molar refractivity (Wildman–Crippen MR) is 117 cm³/mol. The summed E-state index contributed by atoms with van der Waals surface area (Å²) in [6.45, 7) is 7.16. The Morgan fingerprint density at radius 2 is 1.93 bits per heavy atom. The lowest BCUT2D eigenvalue weighted by Gasteiger charge is -2.29. The summed E-state index contributed by atoms with van der Waals surface area (Å²) in [6, 6.07) is 13.2. The largest absolute Gasteiger partial charge is 0.490 e. The van der Waals surface area contributed by atoms with Gasteiger partial charge in [0.1, 0.15) is 4.99 Å². The highest BCUT2D eigenvalue weighted by molar-refractivity contribution is 7.80. The van der Waals surface area contributed by atoms with Crippen LogP contribution in [0.1, 0.15) is 18.1 Å². The van der Waals surface area contributed by atoms with Crippen LogP contribution in [0.3, 0.4) is 0 Å². The van der Waals surface area contributed by atoms with E-state index >= 15 is 0 Å². The third-order valence-electron chi connectivity index (χ3n) is 4.45. The van der Waals surface area contributed by atoms with E-state index in [2.05, 4.69) is 10.2 Å². The summed E-state index contributed by atoms with van der Waals surface area (Å²) in [5.41, 5.74) is 2.71. The molecule has 0 radical (unpaired) electrons. The second-order valence-electron chi connectivity index (χ2n) is 6.71. The number of carbonyl (C=O) groups excluding carboxylic acids is 1. The highest BCUT2D eigenvalue weighted by Gasteiger charge is 2.17. The van der Waals surface area contributed by atoms with E-state index in [0.29, 0.717) is 31.3 Å². The van der Waals surface area contributed by atoms with Crippen molar-refractivity contribution in [3.63, 3.8) is 0 Å². The van der Waals surface area contributed by atoms with Gasteiger partial charge in [-0.05, 0) is 49.7 Å². The summed E-state index contributed by atoms with van der Waals surface area (Å²) < 4.78 is 16.8. The summed E-state index contributed by atoms with van der Waals surface area (Å²) in [7, 11) is 0. The van der Waals surface area contributed by atoms with Crippen molar-refractivity contribution in [3.05, 3.63) is 53.6 Å². The van der Waals surface area contributed by atoms with E-state index in [1.54, 1.807) is 6.07 Å². The molecule has 7 heteroatoms. The Morgan fingerprint density at radius 1 is 1.14 bits per heavy atom. The second kappa shape index (κ2) is 10.2. The van der Waals surface area contributed by atoms with E-state index in [4.69, 9.17) is 26.4 Å². The van der Waals surface area contributed by atoms with E-state index in [9.17, 15) is 4.79 Å². The van der Waals surface area contributed by atoms with Gasteiger partial charge in [-0.25, -0.2) is 0 Å². The molecule has 1 aliphatic heterocycles. The van der Waals surface area contributed by atoms with E-state index < -0.39 is 0 Å². The summed E-state index contributed by atoms with van der Waals surface area (Å²) in [5.74, 6) is 0.856. The van der Waals surface area contributed by atoms with Crippen molar-refractivity contribution in [1.29, 1.82) is 0 Å². The standard InChI is InChI=1S/C22H26N2O4S/c1-3-27-20-14-17(22(29)24-9-11-26-12-10-24)7-8-19(20)28-15-21(25)23-18-6-4-5-16(2)13-18/h4-8,13-14H,3,9-12,15H2,1-2H3,(H,23,25). The van der Waals surface area contributed by atoms with Crippen molar-refractivity contribution in [2.24, 2.45) is 0 Å².